The molecule has 0 saturated heterocycles. The SMILES string of the molecule is Cc1noc(C)c1-c1ccc(N[C@H]2CC[C@H](O)CC2)c(N)c1. The first kappa shape index (κ1) is 14.9. The molecule has 3 rings (SSSR count). The van der Waals surface area contributed by atoms with Gasteiger partial charge in [0.25, 0.3) is 0 Å². The molecule has 5 heteroatoms. The molecule has 1 aromatic carbocycles. The van der Waals surface area contributed by atoms with Gasteiger partial charge in [-0.15, -0.1) is 0 Å². The van der Waals surface area contributed by atoms with E-state index >= 15 is 0 Å². The van der Waals surface area contributed by atoms with Gasteiger partial charge in [0.2, 0.25) is 0 Å². The van der Waals surface area contributed by atoms with E-state index in [1.54, 1.807) is 0 Å². The Hall–Kier alpha value is -2.01. The lowest BCUT2D eigenvalue weighted by Gasteiger charge is -2.27. The van der Waals surface area contributed by atoms with Crippen molar-refractivity contribution in [3.63, 3.8) is 0 Å². The molecule has 0 radical (unpaired) electrons. The Morgan fingerprint density at radius 2 is 1.95 bits per heavy atom. The Kier molecular flexibility index (Phi) is 4.07. The number of aliphatic hydroxyl groups is 1. The van der Waals surface area contributed by atoms with Crippen molar-refractivity contribution in [1.82, 2.24) is 5.16 Å². The van der Waals surface area contributed by atoms with Crippen molar-refractivity contribution in [2.75, 3.05) is 11.1 Å². The van der Waals surface area contributed by atoms with E-state index in [2.05, 4.69) is 10.5 Å². The molecule has 0 amide bonds. The minimum atomic E-state index is -0.141. The topological polar surface area (TPSA) is 84.3 Å². The number of benzene rings is 1. The van der Waals surface area contributed by atoms with Gasteiger partial charge in [-0.2, -0.15) is 0 Å². The molecule has 1 aromatic heterocycles. The number of hydrogen-bond acceptors (Lipinski definition) is 5. The molecular weight excluding hydrogens is 278 g/mol. The highest BCUT2D eigenvalue weighted by atomic mass is 16.5. The standard InChI is InChI=1S/C17H23N3O2/c1-10-17(11(2)22-20-10)12-3-8-16(15(18)9-12)19-13-4-6-14(21)7-5-13/h3,8-9,13-14,19,21H,4-7,18H2,1-2H3/t13-,14-. The molecule has 0 atom stereocenters. The molecule has 22 heavy (non-hydrogen) atoms. The number of nitrogen functional groups attached to an aromatic ring is 1. The molecular formula is C17H23N3O2. The van der Waals surface area contributed by atoms with Crippen molar-refractivity contribution in [2.45, 2.75) is 51.7 Å². The lowest BCUT2D eigenvalue weighted by Crippen LogP contribution is -2.28. The number of aryl methyl sites for hydroxylation is 2. The first-order valence-electron chi connectivity index (χ1n) is 7.82. The molecule has 0 unspecified atom stereocenters. The normalized spacial score (nSPS) is 21.8. The van der Waals surface area contributed by atoms with Crippen molar-refractivity contribution in [3.8, 4) is 11.1 Å². The van der Waals surface area contributed by atoms with Gasteiger partial charge >= 0.3 is 0 Å². The van der Waals surface area contributed by atoms with Crippen molar-refractivity contribution in [3.05, 3.63) is 29.7 Å². The summed E-state index contributed by atoms with van der Waals surface area (Å²) in [5.74, 6) is 0.805. The van der Waals surface area contributed by atoms with Gasteiger partial charge in [-0.05, 0) is 57.2 Å². The van der Waals surface area contributed by atoms with Gasteiger partial charge in [0, 0.05) is 11.6 Å². The molecule has 4 N–H and O–H groups in total. The Bertz CT molecular complexity index is 638. The lowest BCUT2D eigenvalue weighted by atomic mass is 9.93. The van der Waals surface area contributed by atoms with Crippen LogP contribution in [0.2, 0.25) is 0 Å². The summed E-state index contributed by atoms with van der Waals surface area (Å²) in [7, 11) is 0. The second-order valence-corrected chi connectivity index (χ2v) is 6.15. The average molecular weight is 301 g/mol. The van der Waals surface area contributed by atoms with Crippen molar-refractivity contribution in [1.29, 1.82) is 0 Å². The summed E-state index contributed by atoms with van der Waals surface area (Å²) in [6.07, 6.45) is 3.53. The predicted octanol–water partition coefficient (Wildman–Crippen LogP) is 3.26. The maximum atomic E-state index is 9.57. The molecule has 1 heterocycles. The zero-order valence-electron chi connectivity index (χ0n) is 13.1. The highest BCUT2D eigenvalue weighted by Crippen LogP contribution is 2.32. The Labute approximate surface area is 130 Å². The Morgan fingerprint density at radius 3 is 2.55 bits per heavy atom. The van der Waals surface area contributed by atoms with Crippen molar-refractivity contribution >= 4 is 11.4 Å². The molecule has 1 fully saturated rings. The summed E-state index contributed by atoms with van der Waals surface area (Å²) in [4.78, 5) is 0. The van der Waals surface area contributed by atoms with Gasteiger partial charge in [0.05, 0.1) is 23.2 Å². The number of nitrogens with two attached hydrogens (primary N) is 1. The maximum Gasteiger partial charge on any atom is 0.141 e. The second kappa shape index (κ2) is 6.01. The number of anilines is 2. The maximum absolute atomic E-state index is 9.57. The minimum Gasteiger partial charge on any atom is -0.397 e. The fourth-order valence-corrected chi connectivity index (χ4v) is 3.18. The van der Waals surface area contributed by atoms with Gasteiger partial charge < -0.3 is 20.7 Å². The quantitative estimate of drug-likeness (QED) is 0.758. The largest absolute Gasteiger partial charge is 0.397 e. The van der Waals surface area contributed by atoms with E-state index in [1.807, 2.05) is 32.0 Å². The lowest BCUT2D eigenvalue weighted by molar-refractivity contribution is 0.126. The summed E-state index contributed by atoms with van der Waals surface area (Å²) in [5.41, 5.74) is 10.8. The average Bonchev–Trinajstić information content (AvgIpc) is 2.83. The molecule has 1 saturated carbocycles. The second-order valence-electron chi connectivity index (χ2n) is 6.15. The van der Waals surface area contributed by atoms with Crippen LogP contribution in [0, 0.1) is 13.8 Å². The fraction of sp³-hybridized carbons (Fsp3) is 0.471. The van der Waals surface area contributed by atoms with Gasteiger partial charge in [-0.25, -0.2) is 0 Å². The van der Waals surface area contributed by atoms with Gasteiger partial charge in [-0.1, -0.05) is 11.2 Å². The van der Waals surface area contributed by atoms with Gasteiger partial charge in [0.15, 0.2) is 0 Å². The van der Waals surface area contributed by atoms with E-state index in [9.17, 15) is 5.11 Å². The van der Waals surface area contributed by atoms with E-state index in [0.29, 0.717) is 6.04 Å². The van der Waals surface area contributed by atoms with Crippen LogP contribution in [0.4, 0.5) is 11.4 Å². The highest BCUT2D eigenvalue weighted by molar-refractivity contribution is 5.77. The van der Waals surface area contributed by atoms with Crippen LogP contribution in [0.5, 0.6) is 0 Å². The van der Waals surface area contributed by atoms with Crippen LogP contribution in [0.3, 0.4) is 0 Å². The predicted molar refractivity (Wildman–Crippen MR) is 87.7 cm³/mol. The number of aliphatic hydroxyl groups excluding tert-OH is 1. The van der Waals surface area contributed by atoms with Crippen molar-refractivity contribution < 1.29 is 9.63 Å². The third-order valence-corrected chi connectivity index (χ3v) is 4.43. The Morgan fingerprint density at radius 1 is 1.23 bits per heavy atom. The van der Waals surface area contributed by atoms with Crippen LogP contribution in [0.15, 0.2) is 22.7 Å². The molecule has 0 bridgehead atoms. The first-order chi connectivity index (χ1) is 10.5. The summed E-state index contributed by atoms with van der Waals surface area (Å²) in [5, 5.41) is 17.1. The molecule has 0 aliphatic heterocycles. The summed E-state index contributed by atoms with van der Waals surface area (Å²) >= 11 is 0. The summed E-state index contributed by atoms with van der Waals surface area (Å²) < 4.78 is 5.22. The molecule has 118 valence electrons. The van der Waals surface area contributed by atoms with Gasteiger partial charge in [-0.3, -0.25) is 0 Å². The van der Waals surface area contributed by atoms with Crippen molar-refractivity contribution in [2.24, 2.45) is 0 Å². The molecule has 0 spiro atoms. The number of nitrogens with one attached hydrogen (secondary N) is 1. The van der Waals surface area contributed by atoms with E-state index < -0.39 is 0 Å². The number of hydrogen-bond donors (Lipinski definition) is 3. The van der Waals surface area contributed by atoms with Crippen LogP contribution in [-0.4, -0.2) is 22.4 Å². The number of rotatable bonds is 3. The third-order valence-electron chi connectivity index (χ3n) is 4.43. The van der Waals surface area contributed by atoms with Crippen LogP contribution in [0.1, 0.15) is 37.1 Å². The number of nitrogens with zero attached hydrogens (tertiary/aromatic N) is 1. The smallest absolute Gasteiger partial charge is 0.141 e. The van der Waals surface area contributed by atoms with Gasteiger partial charge in [0.1, 0.15) is 5.76 Å². The zero-order chi connectivity index (χ0) is 15.7. The summed E-state index contributed by atoms with van der Waals surface area (Å²) in [6, 6.07) is 6.41. The third kappa shape index (κ3) is 2.95. The molecule has 1 aliphatic carbocycles. The number of aromatic nitrogens is 1. The van der Waals surface area contributed by atoms with Crippen LogP contribution in [0.25, 0.3) is 11.1 Å². The zero-order valence-corrected chi connectivity index (χ0v) is 13.1. The van der Waals surface area contributed by atoms with E-state index in [0.717, 1.165) is 59.6 Å². The molecule has 1 aliphatic rings. The highest BCUT2D eigenvalue weighted by Gasteiger charge is 2.20. The first-order valence-corrected chi connectivity index (χ1v) is 7.82. The van der Waals surface area contributed by atoms with E-state index in [1.165, 1.54) is 0 Å². The van der Waals surface area contributed by atoms with Crippen LogP contribution >= 0.6 is 0 Å². The molecule has 5 nitrogen and oxygen atoms in total. The Balaban J connectivity index is 1.78. The van der Waals surface area contributed by atoms with Crippen LogP contribution in [-0.2, 0) is 0 Å². The van der Waals surface area contributed by atoms with E-state index in [-0.39, 0.29) is 6.10 Å². The molecule has 2 aromatic rings. The summed E-state index contributed by atoms with van der Waals surface area (Å²) in [6.45, 7) is 3.84. The minimum absolute atomic E-state index is 0.141. The van der Waals surface area contributed by atoms with Crippen LogP contribution < -0.4 is 11.1 Å². The van der Waals surface area contributed by atoms with E-state index in [4.69, 9.17) is 10.3 Å². The fourth-order valence-electron chi connectivity index (χ4n) is 3.18. The monoisotopic (exact) mass is 301 g/mol.